The van der Waals surface area contributed by atoms with Crippen LogP contribution in [0.25, 0.3) is 5.76 Å². The van der Waals surface area contributed by atoms with E-state index < -0.39 is 23.7 Å². The zero-order valence-electron chi connectivity index (χ0n) is 21.1. The van der Waals surface area contributed by atoms with Crippen molar-refractivity contribution in [2.24, 2.45) is 0 Å². The number of aliphatic hydroxyl groups is 1. The van der Waals surface area contributed by atoms with E-state index in [9.17, 15) is 19.5 Å². The maximum Gasteiger partial charge on any atom is 0.355 e. The Kier molecular flexibility index (Phi) is 8.45. The minimum absolute atomic E-state index is 0.00430. The zero-order chi connectivity index (χ0) is 25.7. The van der Waals surface area contributed by atoms with Crippen molar-refractivity contribution in [3.05, 3.63) is 58.2 Å². The highest BCUT2D eigenvalue weighted by Gasteiger charge is 2.46. The summed E-state index contributed by atoms with van der Waals surface area (Å²) in [4.78, 5) is 49.5. The number of aromatic nitrogens is 2. The molecule has 1 unspecified atom stereocenters. The second kappa shape index (κ2) is 11.3. The van der Waals surface area contributed by atoms with Crippen LogP contribution in [0.1, 0.15) is 66.1 Å². The molecule has 0 aliphatic carbocycles. The number of carbonyl (C=O) groups is 3. The predicted octanol–water partition coefficient (Wildman–Crippen LogP) is 3.36. The van der Waals surface area contributed by atoms with Gasteiger partial charge in [-0.2, -0.15) is 0 Å². The van der Waals surface area contributed by atoms with Gasteiger partial charge in [0.05, 0.1) is 18.2 Å². The number of ketones is 1. The molecule has 1 saturated heterocycles. The summed E-state index contributed by atoms with van der Waals surface area (Å²) in [6.45, 7) is 12.4. The first kappa shape index (κ1) is 26.2. The van der Waals surface area contributed by atoms with Crippen LogP contribution in [0.2, 0.25) is 0 Å². The first-order valence-corrected chi connectivity index (χ1v) is 12.0. The number of ether oxygens (including phenoxy) is 1. The van der Waals surface area contributed by atoms with Gasteiger partial charge in [0.1, 0.15) is 11.5 Å². The number of H-pyrrole nitrogens is 1. The molecule has 1 amide bonds. The summed E-state index contributed by atoms with van der Waals surface area (Å²) in [5, 5.41) is 11.4. The smallest absolute Gasteiger partial charge is 0.355 e. The summed E-state index contributed by atoms with van der Waals surface area (Å²) in [6, 6.07) is 2.72. The summed E-state index contributed by atoms with van der Waals surface area (Å²) in [5.74, 6) is -2.25. The van der Waals surface area contributed by atoms with Crippen LogP contribution >= 0.6 is 0 Å². The number of hydrogen-bond acceptors (Lipinski definition) is 7. The first-order valence-electron chi connectivity index (χ1n) is 12.0. The summed E-state index contributed by atoms with van der Waals surface area (Å²) < 4.78 is 5.10. The molecule has 0 radical (unpaired) electrons. The highest BCUT2D eigenvalue weighted by Crippen LogP contribution is 2.40. The Bertz CT molecular complexity index is 1120. The second-order valence-electron chi connectivity index (χ2n) is 8.50. The lowest BCUT2D eigenvalue weighted by molar-refractivity contribution is -0.140. The van der Waals surface area contributed by atoms with E-state index in [1.165, 1.54) is 4.90 Å². The first-order chi connectivity index (χ1) is 16.8. The highest BCUT2D eigenvalue weighted by atomic mass is 16.5. The molecule has 9 nitrogen and oxygen atoms in total. The second-order valence-corrected chi connectivity index (χ2v) is 8.50. The Morgan fingerprint density at radius 1 is 1.17 bits per heavy atom. The number of aliphatic hydroxyl groups excluding tert-OH is 1. The van der Waals surface area contributed by atoms with Crippen molar-refractivity contribution in [1.29, 1.82) is 0 Å². The molecule has 0 aromatic carbocycles. The summed E-state index contributed by atoms with van der Waals surface area (Å²) in [7, 11) is 0. The van der Waals surface area contributed by atoms with Crippen molar-refractivity contribution >= 4 is 23.4 Å². The zero-order valence-corrected chi connectivity index (χ0v) is 21.1. The fraction of sp³-hybridized carbons (Fsp3) is 0.462. The summed E-state index contributed by atoms with van der Waals surface area (Å²) in [6.07, 6.45) is 3.87. The minimum Gasteiger partial charge on any atom is -0.507 e. The molecule has 3 heterocycles. The maximum atomic E-state index is 13.3. The average molecular weight is 483 g/mol. The van der Waals surface area contributed by atoms with E-state index in [0.29, 0.717) is 35.3 Å². The van der Waals surface area contributed by atoms with Gasteiger partial charge in [-0.15, -0.1) is 0 Å². The van der Waals surface area contributed by atoms with Crippen LogP contribution in [0.15, 0.2) is 30.1 Å². The van der Waals surface area contributed by atoms with Crippen LogP contribution in [-0.2, 0) is 14.3 Å². The number of amides is 1. The molecule has 1 aliphatic rings. The molecule has 1 atom stereocenters. The Balaban J connectivity index is 2.08. The third-order valence-electron chi connectivity index (χ3n) is 6.48. The Morgan fingerprint density at radius 2 is 1.83 bits per heavy atom. The third kappa shape index (κ3) is 5.14. The van der Waals surface area contributed by atoms with Gasteiger partial charge in [0.2, 0.25) is 0 Å². The van der Waals surface area contributed by atoms with Crippen molar-refractivity contribution in [3.8, 4) is 0 Å². The molecule has 188 valence electrons. The number of carbonyl (C=O) groups excluding carboxylic acids is 3. The van der Waals surface area contributed by atoms with Gasteiger partial charge in [0, 0.05) is 30.2 Å². The maximum absolute atomic E-state index is 13.3. The summed E-state index contributed by atoms with van der Waals surface area (Å²) >= 11 is 0. The fourth-order valence-corrected chi connectivity index (χ4v) is 4.65. The molecule has 0 bridgehead atoms. The van der Waals surface area contributed by atoms with Crippen molar-refractivity contribution in [2.45, 2.75) is 47.1 Å². The lowest BCUT2D eigenvalue weighted by Gasteiger charge is -2.26. The van der Waals surface area contributed by atoms with Crippen LogP contribution < -0.4 is 0 Å². The monoisotopic (exact) mass is 482 g/mol. The van der Waals surface area contributed by atoms with E-state index >= 15 is 0 Å². The molecule has 3 rings (SSSR count). The molecular weight excluding hydrogens is 448 g/mol. The fourth-order valence-electron chi connectivity index (χ4n) is 4.65. The Hall–Kier alpha value is -3.46. The number of nitrogens with zero attached hydrogens (tertiary/aromatic N) is 3. The molecule has 2 aromatic heterocycles. The molecule has 0 saturated carbocycles. The van der Waals surface area contributed by atoms with E-state index in [4.69, 9.17) is 4.74 Å². The quantitative estimate of drug-likeness (QED) is 0.231. The minimum atomic E-state index is -0.755. The van der Waals surface area contributed by atoms with Gasteiger partial charge >= 0.3 is 5.97 Å². The SMILES string of the molecule is CCOC(=O)c1[nH]c(C)c(C(O)=C2C(=O)C(=O)N(CCCN(CC)CC)C2c2ccncc2)c1C. The number of esters is 1. The molecule has 1 aliphatic heterocycles. The van der Waals surface area contributed by atoms with Gasteiger partial charge < -0.3 is 24.6 Å². The number of likely N-dealkylation sites (tertiary alicyclic amines) is 1. The van der Waals surface area contributed by atoms with E-state index in [1.807, 2.05) is 0 Å². The van der Waals surface area contributed by atoms with E-state index in [1.54, 1.807) is 45.3 Å². The van der Waals surface area contributed by atoms with Gasteiger partial charge in [0.25, 0.3) is 11.7 Å². The van der Waals surface area contributed by atoms with E-state index in [0.717, 1.165) is 19.6 Å². The van der Waals surface area contributed by atoms with Gasteiger partial charge in [0.15, 0.2) is 0 Å². The Labute approximate surface area is 205 Å². The molecule has 35 heavy (non-hydrogen) atoms. The lowest BCUT2D eigenvalue weighted by Crippen LogP contribution is -2.33. The topological polar surface area (TPSA) is 116 Å². The molecule has 2 N–H and O–H groups in total. The van der Waals surface area contributed by atoms with E-state index in [2.05, 4.69) is 28.7 Å². The average Bonchev–Trinajstić information content (AvgIpc) is 3.29. The predicted molar refractivity (Wildman–Crippen MR) is 132 cm³/mol. The van der Waals surface area contributed by atoms with Gasteiger partial charge in [-0.25, -0.2) is 4.79 Å². The normalized spacial score (nSPS) is 17.4. The van der Waals surface area contributed by atoms with Crippen molar-refractivity contribution < 1.29 is 24.2 Å². The van der Waals surface area contributed by atoms with Gasteiger partial charge in [-0.1, -0.05) is 13.8 Å². The standard InChI is InChI=1S/C26H34N4O5/c1-6-29(7-2)14-9-15-30-22(18-10-12-27-13-11-18)20(24(32)25(30)33)23(31)19-16(4)21(28-17(19)5)26(34)35-8-3/h10-13,22,28,31H,6-9,14-15H2,1-5H3. The van der Waals surface area contributed by atoms with Gasteiger partial charge in [-0.3, -0.25) is 14.6 Å². The number of hydrogen-bond donors (Lipinski definition) is 2. The molecule has 0 spiro atoms. The molecule has 2 aromatic rings. The highest BCUT2D eigenvalue weighted by molar-refractivity contribution is 6.46. The van der Waals surface area contributed by atoms with Crippen LogP contribution in [0.3, 0.4) is 0 Å². The molecule has 1 fully saturated rings. The molecular formula is C26H34N4O5. The van der Waals surface area contributed by atoms with Gasteiger partial charge in [-0.05, 0) is 70.1 Å². The van der Waals surface area contributed by atoms with Crippen LogP contribution in [0.5, 0.6) is 0 Å². The number of nitrogens with one attached hydrogen (secondary N) is 1. The third-order valence-corrected chi connectivity index (χ3v) is 6.48. The number of Topliss-reactive ketones (excluding diaryl/α,β-unsaturated/α-hetero) is 1. The van der Waals surface area contributed by atoms with E-state index in [-0.39, 0.29) is 23.6 Å². The van der Waals surface area contributed by atoms with Crippen molar-refractivity contribution in [3.63, 3.8) is 0 Å². The summed E-state index contributed by atoms with van der Waals surface area (Å²) in [5.41, 5.74) is 2.18. The lowest BCUT2D eigenvalue weighted by atomic mass is 9.94. The van der Waals surface area contributed by atoms with Crippen LogP contribution in [0.4, 0.5) is 0 Å². The number of rotatable bonds is 10. The van der Waals surface area contributed by atoms with Crippen molar-refractivity contribution in [2.75, 3.05) is 32.8 Å². The van der Waals surface area contributed by atoms with Crippen molar-refractivity contribution in [1.82, 2.24) is 19.8 Å². The van der Waals surface area contributed by atoms with Crippen LogP contribution in [-0.4, -0.2) is 75.3 Å². The molecule has 9 heteroatoms. The number of aryl methyl sites for hydroxylation is 1. The Morgan fingerprint density at radius 3 is 2.43 bits per heavy atom. The number of aromatic amines is 1. The number of pyridine rings is 1. The van der Waals surface area contributed by atoms with Crippen LogP contribution in [0, 0.1) is 13.8 Å². The largest absolute Gasteiger partial charge is 0.507 e.